The van der Waals surface area contributed by atoms with E-state index in [2.05, 4.69) is 10.3 Å². The summed E-state index contributed by atoms with van der Waals surface area (Å²) >= 11 is 1.25. The van der Waals surface area contributed by atoms with Crippen LogP contribution in [-0.4, -0.2) is 35.8 Å². The van der Waals surface area contributed by atoms with E-state index in [-0.39, 0.29) is 11.8 Å². The molecular weight excluding hydrogens is 286 g/mol. The number of carbonyl (C=O) groups excluding carboxylic acids is 2. The van der Waals surface area contributed by atoms with Gasteiger partial charge in [0, 0.05) is 20.5 Å². The van der Waals surface area contributed by atoms with Crippen molar-refractivity contribution in [2.45, 2.75) is 45.4 Å². The van der Waals surface area contributed by atoms with Gasteiger partial charge in [-0.1, -0.05) is 37.0 Å². The summed E-state index contributed by atoms with van der Waals surface area (Å²) in [6.45, 7) is 1.79. The van der Waals surface area contributed by atoms with Crippen LogP contribution in [0, 0.1) is 12.8 Å². The first-order valence-electron chi connectivity index (χ1n) is 7.46. The second-order valence-electron chi connectivity index (χ2n) is 5.87. The zero-order valence-electron chi connectivity index (χ0n) is 12.9. The molecule has 1 aromatic rings. The molecule has 21 heavy (non-hydrogen) atoms. The summed E-state index contributed by atoms with van der Waals surface area (Å²) in [5, 5.41) is 3.34. The monoisotopic (exact) mass is 309 g/mol. The molecule has 0 atom stereocenters. The average Bonchev–Trinajstić information content (AvgIpc) is 3.05. The SMILES string of the molecule is Cc1nc(NC(=O)CCC2CCCC2)sc1C(=O)N(C)C. The van der Waals surface area contributed by atoms with Crippen LogP contribution in [0.5, 0.6) is 0 Å². The van der Waals surface area contributed by atoms with Crippen molar-refractivity contribution in [3.05, 3.63) is 10.6 Å². The van der Waals surface area contributed by atoms with Crippen molar-refractivity contribution in [2.24, 2.45) is 5.92 Å². The summed E-state index contributed by atoms with van der Waals surface area (Å²) in [7, 11) is 3.42. The smallest absolute Gasteiger partial charge is 0.265 e. The zero-order valence-corrected chi connectivity index (χ0v) is 13.8. The molecule has 1 N–H and O–H groups in total. The standard InChI is InChI=1S/C15H23N3O2S/c1-10-13(14(20)18(2)3)21-15(16-10)17-12(19)9-8-11-6-4-5-7-11/h11H,4-9H2,1-3H3,(H,16,17,19). The Labute approximate surface area is 129 Å². The summed E-state index contributed by atoms with van der Waals surface area (Å²) in [6, 6.07) is 0. The Bertz CT molecular complexity index is 519. The highest BCUT2D eigenvalue weighted by molar-refractivity contribution is 7.17. The topological polar surface area (TPSA) is 62.3 Å². The number of thiazole rings is 1. The second-order valence-corrected chi connectivity index (χ2v) is 6.87. The van der Waals surface area contributed by atoms with Crippen LogP contribution in [0.2, 0.25) is 0 Å². The van der Waals surface area contributed by atoms with Crippen LogP contribution >= 0.6 is 11.3 Å². The predicted molar refractivity (Wildman–Crippen MR) is 84.7 cm³/mol. The Morgan fingerprint density at radius 2 is 2.00 bits per heavy atom. The molecule has 1 aliphatic carbocycles. The summed E-state index contributed by atoms with van der Waals surface area (Å²) in [4.78, 5) is 30.3. The van der Waals surface area contributed by atoms with Crippen molar-refractivity contribution in [3.8, 4) is 0 Å². The minimum Gasteiger partial charge on any atom is -0.344 e. The lowest BCUT2D eigenvalue weighted by molar-refractivity contribution is -0.116. The third-order valence-electron chi connectivity index (χ3n) is 3.90. The third-order valence-corrected chi connectivity index (χ3v) is 4.96. The van der Waals surface area contributed by atoms with Crippen molar-refractivity contribution in [1.29, 1.82) is 0 Å². The number of aromatic nitrogens is 1. The molecule has 2 rings (SSSR count). The Morgan fingerprint density at radius 3 is 2.62 bits per heavy atom. The first kappa shape index (κ1) is 15.9. The van der Waals surface area contributed by atoms with Crippen LogP contribution in [0.15, 0.2) is 0 Å². The van der Waals surface area contributed by atoms with E-state index < -0.39 is 0 Å². The van der Waals surface area contributed by atoms with Crippen molar-refractivity contribution in [2.75, 3.05) is 19.4 Å². The van der Waals surface area contributed by atoms with Crippen molar-refractivity contribution in [1.82, 2.24) is 9.88 Å². The number of hydrogen-bond acceptors (Lipinski definition) is 4. The fraction of sp³-hybridized carbons (Fsp3) is 0.667. The average molecular weight is 309 g/mol. The Morgan fingerprint density at radius 1 is 1.33 bits per heavy atom. The Hall–Kier alpha value is -1.43. The fourth-order valence-electron chi connectivity index (χ4n) is 2.67. The van der Waals surface area contributed by atoms with Gasteiger partial charge in [0.15, 0.2) is 5.13 Å². The zero-order chi connectivity index (χ0) is 15.4. The van der Waals surface area contributed by atoms with Crippen molar-refractivity contribution >= 4 is 28.3 Å². The molecule has 1 saturated carbocycles. The van der Waals surface area contributed by atoms with E-state index in [0.29, 0.717) is 28.0 Å². The number of carbonyl (C=O) groups is 2. The number of rotatable bonds is 5. The van der Waals surface area contributed by atoms with Crippen LogP contribution in [0.1, 0.15) is 53.9 Å². The molecule has 1 heterocycles. The number of amides is 2. The molecule has 6 heteroatoms. The quantitative estimate of drug-likeness (QED) is 0.909. The normalized spacial score (nSPS) is 15.2. The van der Waals surface area contributed by atoms with E-state index >= 15 is 0 Å². The highest BCUT2D eigenvalue weighted by Gasteiger charge is 2.19. The lowest BCUT2D eigenvalue weighted by atomic mass is 10.0. The van der Waals surface area contributed by atoms with Crippen molar-refractivity contribution in [3.63, 3.8) is 0 Å². The highest BCUT2D eigenvalue weighted by atomic mass is 32.1. The largest absolute Gasteiger partial charge is 0.344 e. The number of nitrogens with one attached hydrogen (secondary N) is 1. The molecule has 0 unspecified atom stereocenters. The van der Waals surface area contributed by atoms with Gasteiger partial charge in [-0.25, -0.2) is 4.98 Å². The number of hydrogen-bond donors (Lipinski definition) is 1. The van der Waals surface area contributed by atoms with Crippen LogP contribution < -0.4 is 5.32 Å². The van der Waals surface area contributed by atoms with Gasteiger partial charge in [0.2, 0.25) is 5.91 Å². The van der Waals surface area contributed by atoms with E-state index in [1.165, 1.54) is 41.9 Å². The molecule has 0 saturated heterocycles. The first-order valence-corrected chi connectivity index (χ1v) is 8.28. The lowest BCUT2D eigenvalue weighted by Gasteiger charge is -2.08. The van der Waals surface area contributed by atoms with Gasteiger partial charge in [0.25, 0.3) is 5.91 Å². The van der Waals surface area contributed by atoms with Gasteiger partial charge in [-0.3, -0.25) is 9.59 Å². The van der Waals surface area contributed by atoms with Gasteiger partial charge in [-0.15, -0.1) is 0 Å². The van der Waals surface area contributed by atoms with Crippen LogP contribution in [0.4, 0.5) is 5.13 Å². The van der Waals surface area contributed by atoms with E-state index in [1.807, 2.05) is 0 Å². The molecule has 0 radical (unpaired) electrons. The Kier molecular flexibility index (Phi) is 5.33. The molecule has 0 spiro atoms. The van der Waals surface area contributed by atoms with Crippen LogP contribution in [0.25, 0.3) is 0 Å². The summed E-state index contributed by atoms with van der Waals surface area (Å²) in [6.07, 6.45) is 6.61. The predicted octanol–water partition coefficient (Wildman–Crippen LogP) is 3.06. The molecule has 1 aromatic heterocycles. The van der Waals surface area contributed by atoms with E-state index in [1.54, 1.807) is 21.0 Å². The van der Waals surface area contributed by atoms with Gasteiger partial charge >= 0.3 is 0 Å². The molecule has 0 bridgehead atoms. The van der Waals surface area contributed by atoms with E-state index in [4.69, 9.17) is 0 Å². The van der Waals surface area contributed by atoms with E-state index in [0.717, 1.165) is 6.42 Å². The van der Waals surface area contributed by atoms with Crippen molar-refractivity contribution < 1.29 is 9.59 Å². The fourth-order valence-corrected chi connectivity index (χ4v) is 3.67. The maximum Gasteiger partial charge on any atom is 0.265 e. The molecule has 116 valence electrons. The van der Waals surface area contributed by atoms with Gasteiger partial charge < -0.3 is 10.2 Å². The van der Waals surface area contributed by atoms with Gasteiger partial charge in [0.05, 0.1) is 5.69 Å². The molecule has 0 aliphatic heterocycles. The van der Waals surface area contributed by atoms with Gasteiger partial charge in [-0.05, 0) is 19.3 Å². The summed E-state index contributed by atoms with van der Waals surface area (Å²) in [5.74, 6) is 0.635. The summed E-state index contributed by atoms with van der Waals surface area (Å²) in [5.41, 5.74) is 0.671. The van der Waals surface area contributed by atoms with E-state index in [9.17, 15) is 9.59 Å². The maximum atomic E-state index is 12.0. The minimum absolute atomic E-state index is 0.000461. The second kappa shape index (κ2) is 7.02. The minimum atomic E-state index is -0.0727. The van der Waals surface area contributed by atoms with Gasteiger partial charge in [-0.2, -0.15) is 0 Å². The number of anilines is 1. The molecule has 2 amide bonds. The molecule has 0 aromatic carbocycles. The summed E-state index contributed by atoms with van der Waals surface area (Å²) < 4.78 is 0. The lowest BCUT2D eigenvalue weighted by Crippen LogP contribution is -2.21. The first-order chi connectivity index (χ1) is 9.97. The number of nitrogens with zero attached hydrogens (tertiary/aromatic N) is 2. The number of aryl methyl sites for hydroxylation is 1. The highest BCUT2D eigenvalue weighted by Crippen LogP contribution is 2.29. The maximum absolute atomic E-state index is 12.0. The molecule has 1 aliphatic rings. The molecule has 5 nitrogen and oxygen atoms in total. The Balaban J connectivity index is 1.88. The van der Waals surface area contributed by atoms with Crippen LogP contribution in [0.3, 0.4) is 0 Å². The van der Waals surface area contributed by atoms with Crippen LogP contribution in [-0.2, 0) is 4.79 Å². The molecular formula is C15H23N3O2S. The van der Waals surface area contributed by atoms with Gasteiger partial charge in [0.1, 0.15) is 4.88 Å². The third kappa shape index (κ3) is 4.27. The molecule has 1 fully saturated rings.